The van der Waals surface area contributed by atoms with E-state index in [4.69, 9.17) is 0 Å². The number of hydrogen-bond donors (Lipinski definition) is 0. The maximum absolute atomic E-state index is 2.73. The van der Waals surface area contributed by atoms with Crippen LogP contribution in [-0.2, 0) is 0 Å². The molecule has 1 aliphatic carbocycles. The number of rotatable bonds is 4. The zero-order chi connectivity index (χ0) is 14.4. The van der Waals surface area contributed by atoms with Gasteiger partial charge in [-0.05, 0) is 41.9 Å². The number of hydrogen-bond acceptors (Lipinski definition) is 0. The molecule has 0 bridgehead atoms. The summed E-state index contributed by atoms with van der Waals surface area (Å²) in [6.07, 6.45) is 4.13. The highest BCUT2D eigenvalue weighted by molar-refractivity contribution is 14.2. The van der Waals surface area contributed by atoms with E-state index >= 15 is 0 Å². The topological polar surface area (TPSA) is 0 Å². The fourth-order valence-corrected chi connectivity index (χ4v) is 6.17. The van der Waals surface area contributed by atoms with E-state index in [0.29, 0.717) is 18.2 Å². The molecule has 0 saturated heterocycles. The smallest absolute Gasteiger partial charge is 0.0813 e. The van der Waals surface area contributed by atoms with E-state index < -0.39 is 0 Å². The highest BCUT2D eigenvalue weighted by Crippen LogP contribution is 2.67. The van der Waals surface area contributed by atoms with Crippen LogP contribution in [0.15, 0.2) is 0 Å². The van der Waals surface area contributed by atoms with Crippen molar-refractivity contribution >= 4 is 67.8 Å². The molecule has 1 unspecified atom stereocenters. The monoisotopic (exact) mass is 588 g/mol. The highest BCUT2D eigenvalue weighted by atomic mass is 127. The lowest BCUT2D eigenvalue weighted by molar-refractivity contribution is 0.0168. The largest absolute Gasteiger partial charge is 0.0823 e. The molecule has 1 aliphatic rings. The fourth-order valence-electron chi connectivity index (χ4n) is 4.10. The summed E-state index contributed by atoms with van der Waals surface area (Å²) in [7, 11) is 0. The normalized spacial score (nSPS) is 34.3. The minimum atomic E-state index is 0.327. The molecule has 0 amide bonds. The van der Waals surface area contributed by atoms with Gasteiger partial charge < -0.3 is 0 Å². The van der Waals surface area contributed by atoms with Crippen molar-refractivity contribution in [3.05, 3.63) is 0 Å². The van der Waals surface area contributed by atoms with Gasteiger partial charge in [-0.2, -0.15) is 0 Å². The first-order chi connectivity index (χ1) is 8.04. The van der Waals surface area contributed by atoms with Gasteiger partial charge in [0.2, 0.25) is 0 Å². The predicted octanol–water partition coefficient (Wildman–Crippen LogP) is 6.86. The van der Waals surface area contributed by atoms with Crippen molar-refractivity contribution in [1.29, 1.82) is 0 Å². The molecule has 108 valence electrons. The van der Waals surface area contributed by atoms with E-state index in [1.807, 2.05) is 0 Å². The van der Waals surface area contributed by atoms with Crippen molar-refractivity contribution in [2.45, 2.75) is 66.2 Å². The van der Waals surface area contributed by atoms with Gasteiger partial charge in [0, 0.05) is 3.92 Å². The fraction of sp³-hybridized carbons (Fsp3) is 1.00. The van der Waals surface area contributed by atoms with Crippen molar-refractivity contribution < 1.29 is 0 Å². The standard InChI is InChI=1S/C15H27I3/c1-7-14(9-8-12(16)11(14)4)13(5,6)15(17,18)10(2)3/h10-12H,7-9H2,1-6H3/t11-,12-,14?/m0/s1. The molecule has 0 radical (unpaired) electrons. The van der Waals surface area contributed by atoms with Gasteiger partial charge >= 0.3 is 0 Å². The Hall–Kier alpha value is 2.19. The molecule has 0 nitrogen and oxygen atoms in total. The van der Waals surface area contributed by atoms with Crippen LogP contribution in [0.5, 0.6) is 0 Å². The van der Waals surface area contributed by atoms with Gasteiger partial charge in [-0.15, -0.1) is 0 Å². The molecular formula is C15H27I3. The van der Waals surface area contributed by atoms with E-state index in [2.05, 4.69) is 109 Å². The average Bonchev–Trinajstić information content (AvgIpc) is 2.56. The van der Waals surface area contributed by atoms with Gasteiger partial charge in [-0.3, -0.25) is 0 Å². The molecular weight excluding hydrogens is 561 g/mol. The Morgan fingerprint density at radius 2 is 1.78 bits per heavy atom. The van der Waals surface area contributed by atoms with Gasteiger partial charge in [0.1, 0.15) is 0 Å². The van der Waals surface area contributed by atoms with Crippen LogP contribution in [0.2, 0.25) is 0 Å². The van der Waals surface area contributed by atoms with Crippen LogP contribution in [-0.4, -0.2) is 5.35 Å². The summed E-state index contributed by atoms with van der Waals surface area (Å²) in [5.41, 5.74) is 0.870. The molecule has 0 N–H and O–H groups in total. The van der Waals surface area contributed by atoms with Crippen molar-refractivity contribution in [3.8, 4) is 0 Å². The molecule has 3 atom stereocenters. The maximum Gasteiger partial charge on any atom is 0.0813 e. The Kier molecular flexibility index (Phi) is 6.21. The first-order valence-electron chi connectivity index (χ1n) is 7.06. The second-order valence-corrected chi connectivity index (χ2v) is 13.8. The molecule has 0 aromatic heterocycles. The van der Waals surface area contributed by atoms with Crippen LogP contribution >= 0.6 is 67.8 Å². The van der Waals surface area contributed by atoms with Crippen LogP contribution in [0, 0.1) is 22.7 Å². The van der Waals surface area contributed by atoms with E-state index in [9.17, 15) is 0 Å². The van der Waals surface area contributed by atoms with E-state index in [0.717, 1.165) is 9.84 Å². The summed E-state index contributed by atoms with van der Waals surface area (Å²) < 4.78 is 1.19. The predicted molar refractivity (Wildman–Crippen MR) is 108 cm³/mol. The van der Waals surface area contributed by atoms with Gasteiger partial charge in [-0.25, -0.2) is 0 Å². The molecule has 3 heteroatoms. The van der Waals surface area contributed by atoms with Crippen LogP contribution in [0.3, 0.4) is 0 Å². The third kappa shape index (κ3) is 2.63. The average molecular weight is 588 g/mol. The molecule has 0 aliphatic heterocycles. The molecule has 0 heterocycles. The second-order valence-electron chi connectivity index (χ2n) is 6.76. The van der Waals surface area contributed by atoms with Crippen molar-refractivity contribution in [2.75, 3.05) is 0 Å². The Labute approximate surface area is 155 Å². The highest BCUT2D eigenvalue weighted by Gasteiger charge is 2.60. The molecule has 1 saturated carbocycles. The van der Waals surface area contributed by atoms with Crippen LogP contribution in [0.4, 0.5) is 0 Å². The lowest BCUT2D eigenvalue weighted by Crippen LogP contribution is -2.52. The lowest BCUT2D eigenvalue weighted by atomic mass is 9.56. The maximum atomic E-state index is 2.73. The van der Waals surface area contributed by atoms with Gasteiger partial charge in [0.15, 0.2) is 0 Å². The summed E-state index contributed by atoms with van der Waals surface area (Å²) in [5, 5.41) is 0. The Morgan fingerprint density at radius 1 is 1.28 bits per heavy atom. The van der Waals surface area contributed by atoms with Gasteiger partial charge in [0.25, 0.3) is 0 Å². The molecule has 0 aromatic carbocycles. The van der Waals surface area contributed by atoms with Gasteiger partial charge in [-0.1, -0.05) is 109 Å². The summed E-state index contributed by atoms with van der Waals surface area (Å²) >= 11 is 8.15. The minimum Gasteiger partial charge on any atom is -0.0823 e. The quantitative estimate of drug-likeness (QED) is 0.249. The number of alkyl halides is 3. The zero-order valence-electron chi connectivity index (χ0n) is 12.5. The third-order valence-electron chi connectivity index (χ3n) is 5.71. The first kappa shape index (κ1) is 18.2. The van der Waals surface area contributed by atoms with Crippen LogP contribution in [0.1, 0.15) is 60.8 Å². The molecule has 0 aromatic rings. The van der Waals surface area contributed by atoms with E-state index in [-0.39, 0.29) is 0 Å². The zero-order valence-corrected chi connectivity index (χ0v) is 19.0. The molecule has 18 heavy (non-hydrogen) atoms. The third-order valence-corrected chi connectivity index (χ3v) is 12.6. The van der Waals surface area contributed by atoms with Crippen molar-refractivity contribution in [1.82, 2.24) is 0 Å². The summed E-state index contributed by atoms with van der Waals surface area (Å²) in [6.45, 7) is 14.7. The van der Waals surface area contributed by atoms with Crippen LogP contribution < -0.4 is 0 Å². The van der Waals surface area contributed by atoms with Crippen LogP contribution in [0.25, 0.3) is 0 Å². The summed E-state index contributed by atoms with van der Waals surface area (Å²) in [6, 6.07) is 0. The summed E-state index contributed by atoms with van der Waals surface area (Å²) in [4.78, 5) is 0. The lowest BCUT2D eigenvalue weighted by Gasteiger charge is -2.55. The molecule has 1 rings (SSSR count). The van der Waals surface area contributed by atoms with Crippen molar-refractivity contribution in [3.63, 3.8) is 0 Å². The minimum absolute atomic E-state index is 0.327. The number of halogens is 3. The Balaban J connectivity index is 3.23. The molecule has 1 fully saturated rings. The Morgan fingerprint density at radius 3 is 2.06 bits per heavy atom. The van der Waals surface area contributed by atoms with Crippen molar-refractivity contribution in [2.24, 2.45) is 22.7 Å². The summed E-state index contributed by atoms with van der Waals surface area (Å²) in [5.74, 6) is 1.54. The Bertz CT molecular complexity index is 296. The molecule has 0 spiro atoms. The van der Waals surface area contributed by atoms with E-state index in [1.165, 1.54) is 19.3 Å². The first-order valence-corrected chi connectivity index (χ1v) is 10.5. The second kappa shape index (κ2) is 6.13. The SMILES string of the molecule is CCC1(C(C)(C)C(I)(I)C(C)C)CC[C@H](I)[C@@H]1C. The van der Waals surface area contributed by atoms with E-state index in [1.54, 1.807) is 0 Å². The van der Waals surface area contributed by atoms with Gasteiger partial charge in [0.05, 0.1) is 1.43 Å².